The molecule has 1 aromatic heterocycles. The summed E-state index contributed by atoms with van der Waals surface area (Å²) in [5.41, 5.74) is 5.07. The molecular weight excluding hydrogens is 178 g/mol. The van der Waals surface area contributed by atoms with Crippen LogP contribution in [0.3, 0.4) is 0 Å². The molecule has 0 spiro atoms. The number of hydrogen-bond donors (Lipinski definition) is 1. The van der Waals surface area contributed by atoms with Crippen LogP contribution in [0.5, 0.6) is 0 Å². The van der Waals surface area contributed by atoms with E-state index < -0.39 is 12.1 Å². The number of carbonyl (C=O) groups excluding carboxylic acids is 1. The summed E-state index contributed by atoms with van der Waals surface area (Å²) in [7, 11) is 0. The molecule has 2 N–H and O–H groups in total. The highest BCUT2D eigenvalue weighted by atomic mass is 19.3. The lowest BCUT2D eigenvalue weighted by molar-refractivity contribution is 0.111. The number of pyridine rings is 1. The normalized spacial score (nSPS) is 10.5. The Morgan fingerprint density at radius 1 is 1.54 bits per heavy atom. The number of hydrogen-bond acceptors (Lipinski definition) is 3. The van der Waals surface area contributed by atoms with Gasteiger partial charge in [-0.2, -0.15) is 0 Å². The van der Waals surface area contributed by atoms with Gasteiger partial charge < -0.3 is 5.73 Å². The third kappa shape index (κ3) is 2.06. The fourth-order valence-electron chi connectivity index (χ4n) is 0.947. The van der Waals surface area contributed by atoms with Crippen molar-refractivity contribution in [3.63, 3.8) is 0 Å². The summed E-state index contributed by atoms with van der Waals surface area (Å²) >= 11 is 0. The second kappa shape index (κ2) is 4.04. The molecule has 1 rings (SSSR count). The van der Waals surface area contributed by atoms with Crippen LogP contribution in [0.15, 0.2) is 12.1 Å². The van der Waals surface area contributed by atoms with E-state index >= 15 is 0 Å². The van der Waals surface area contributed by atoms with Gasteiger partial charge in [0.05, 0.1) is 0 Å². The molecular formula is C8H8F2N2O. The first kappa shape index (κ1) is 9.73. The maximum Gasteiger partial charge on any atom is 0.280 e. The number of aromatic nitrogens is 1. The number of carbonyl (C=O) groups is 1. The van der Waals surface area contributed by atoms with Crippen molar-refractivity contribution in [1.29, 1.82) is 0 Å². The minimum absolute atomic E-state index is 0.00694. The smallest absolute Gasteiger partial charge is 0.280 e. The summed E-state index contributed by atoms with van der Waals surface area (Å²) in [6.07, 6.45) is -2.27. The van der Waals surface area contributed by atoms with Gasteiger partial charge in [0.1, 0.15) is 11.4 Å². The van der Waals surface area contributed by atoms with Crippen LogP contribution < -0.4 is 5.73 Å². The van der Waals surface area contributed by atoms with Crippen molar-refractivity contribution < 1.29 is 13.6 Å². The number of halogens is 2. The Hall–Kier alpha value is -1.36. The van der Waals surface area contributed by atoms with Gasteiger partial charge in [0.25, 0.3) is 6.43 Å². The first-order chi connectivity index (χ1) is 6.19. The Balaban J connectivity index is 3.17. The van der Waals surface area contributed by atoms with Gasteiger partial charge in [0.2, 0.25) is 0 Å². The Labute approximate surface area is 73.6 Å². The molecule has 0 amide bonds. The van der Waals surface area contributed by atoms with Crippen LogP contribution in [-0.2, 0) is 6.54 Å². The first-order valence-electron chi connectivity index (χ1n) is 3.62. The van der Waals surface area contributed by atoms with E-state index in [1.165, 1.54) is 12.1 Å². The van der Waals surface area contributed by atoms with Gasteiger partial charge in [-0.3, -0.25) is 4.79 Å². The van der Waals surface area contributed by atoms with Crippen molar-refractivity contribution in [2.45, 2.75) is 13.0 Å². The number of aldehydes is 1. The van der Waals surface area contributed by atoms with Gasteiger partial charge in [0.15, 0.2) is 6.29 Å². The molecule has 0 unspecified atom stereocenters. The molecule has 5 heteroatoms. The van der Waals surface area contributed by atoms with E-state index in [9.17, 15) is 13.6 Å². The zero-order valence-electron chi connectivity index (χ0n) is 6.71. The zero-order valence-corrected chi connectivity index (χ0v) is 6.71. The lowest BCUT2D eigenvalue weighted by atomic mass is 10.2. The van der Waals surface area contributed by atoms with Gasteiger partial charge in [-0.05, 0) is 11.6 Å². The average Bonchev–Trinajstić information content (AvgIpc) is 2.16. The van der Waals surface area contributed by atoms with Crippen LogP contribution in [-0.4, -0.2) is 11.3 Å². The maximum atomic E-state index is 12.3. The summed E-state index contributed by atoms with van der Waals surface area (Å²) in [6, 6.07) is 2.75. The van der Waals surface area contributed by atoms with E-state index in [1.54, 1.807) is 0 Å². The van der Waals surface area contributed by atoms with Gasteiger partial charge in [-0.25, -0.2) is 13.8 Å². The lowest BCUT2D eigenvalue weighted by Gasteiger charge is -2.05. The predicted octanol–water partition coefficient (Wildman–Crippen LogP) is 1.29. The van der Waals surface area contributed by atoms with Gasteiger partial charge in [-0.1, -0.05) is 6.07 Å². The lowest BCUT2D eigenvalue weighted by Crippen LogP contribution is -2.05. The fraction of sp³-hybridized carbons (Fsp3) is 0.250. The van der Waals surface area contributed by atoms with Gasteiger partial charge in [-0.15, -0.1) is 0 Å². The van der Waals surface area contributed by atoms with Crippen molar-refractivity contribution >= 4 is 6.29 Å². The van der Waals surface area contributed by atoms with Gasteiger partial charge >= 0.3 is 0 Å². The van der Waals surface area contributed by atoms with E-state index in [1.807, 2.05) is 0 Å². The molecule has 0 aromatic carbocycles. The van der Waals surface area contributed by atoms with E-state index in [0.717, 1.165) is 0 Å². The molecule has 1 aromatic rings. The van der Waals surface area contributed by atoms with Crippen LogP contribution in [0.4, 0.5) is 8.78 Å². The molecule has 0 radical (unpaired) electrons. The molecule has 3 nitrogen and oxygen atoms in total. The predicted molar refractivity (Wildman–Crippen MR) is 42.5 cm³/mol. The van der Waals surface area contributed by atoms with Crippen molar-refractivity contribution in [1.82, 2.24) is 4.98 Å². The van der Waals surface area contributed by atoms with Crippen molar-refractivity contribution in [3.8, 4) is 0 Å². The molecule has 70 valence electrons. The largest absolute Gasteiger partial charge is 0.326 e. The third-order valence-corrected chi connectivity index (χ3v) is 1.58. The number of alkyl halides is 2. The van der Waals surface area contributed by atoms with Crippen molar-refractivity contribution in [2.75, 3.05) is 0 Å². The molecule has 0 aliphatic rings. The monoisotopic (exact) mass is 186 g/mol. The van der Waals surface area contributed by atoms with Gasteiger partial charge in [0, 0.05) is 6.54 Å². The quantitative estimate of drug-likeness (QED) is 0.723. The fourth-order valence-corrected chi connectivity index (χ4v) is 0.947. The summed E-state index contributed by atoms with van der Waals surface area (Å²) in [5, 5.41) is 0. The Morgan fingerprint density at radius 2 is 2.23 bits per heavy atom. The van der Waals surface area contributed by atoms with Crippen molar-refractivity contribution in [3.05, 3.63) is 29.1 Å². The molecule has 0 saturated carbocycles. The molecule has 0 saturated heterocycles. The van der Waals surface area contributed by atoms with Crippen LogP contribution >= 0.6 is 0 Å². The topological polar surface area (TPSA) is 56.0 Å². The highest BCUT2D eigenvalue weighted by Crippen LogP contribution is 2.20. The summed E-state index contributed by atoms with van der Waals surface area (Å²) in [4.78, 5) is 13.7. The van der Waals surface area contributed by atoms with Crippen molar-refractivity contribution in [2.24, 2.45) is 5.73 Å². The molecule has 0 atom stereocenters. The molecule has 0 fully saturated rings. The molecule has 0 aliphatic carbocycles. The Kier molecular flexibility index (Phi) is 3.02. The SMILES string of the molecule is NCc1ccc(C=O)nc1C(F)F. The van der Waals surface area contributed by atoms with E-state index in [4.69, 9.17) is 5.73 Å². The average molecular weight is 186 g/mol. The maximum absolute atomic E-state index is 12.3. The standard InChI is InChI=1S/C8H8F2N2O/c9-8(10)7-5(3-11)1-2-6(4-13)12-7/h1-2,4,8H,3,11H2. The second-order valence-electron chi connectivity index (χ2n) is 2.40. The minimum atomic E-state index is -2.70. The van der Waals surface area contributed by atoms with E-state index in [2.05, 4.69) is 4.98 Å². The highest BCUT2D eigenvalue weighted by Gasteiger charge is 2.14. The number of rotatable bonds is 3. The zero-order chi connectivity index (χ0) is 9.84. The molecule has 0 aliphatic heterocycles. The molecule has 13 heavy (non-hydrogen) atoms. The Morgan fingerprint density at radius 3 is 2.69 bits per heavy atom. The van der Waals surface area contributed by atoms with Crippen LogP contribution in [0.2, 0.25) is 0 Å². The third-order valence-electron chi connectivity index (χ3n) is 1.58. The van der Waals surface area contributed by atoms with Crippen LogP contribution in [0.25, 0.3) is 0 Å². The summed E-state index contributed by atoms with van der Waals surface area (Å²) < 4.78 is 24.6. The Bertz CT molecular complexity index is 315. The van der Waals surface area contributed by atoms with E-state index in [-0.39, 0.29) is 17.8 Å². The number of nitrogens with two attached hydrogens (primary N) is 1. The van der Waals surface area contributed by atoms with Crippen LogP contribution in [0.1, 0.15) is 28.2 Å². The van der Waals surface area contributed by atoms with Crippen LogP contribution in [0, 0.1) is 0 Å². The first-order valence-corrected chi connectivity index (χ1v) is 3.62. The minimum Gasteiger partial charge on any atom is -0.326 e. The highest BCUT2D eigenvalue weighted by molar-refractivity contribution is 5.71. The summed E-state index contributed by atoms with van der Waals surface area (Å²) in [5.74, 6) is 0. The summed E-state index contributed by atoms with van der Waals surface area (Å²) in [6.45, 7) is -0.00812. The molecule has 0 bridgehead atoms. The number of nitrogens with zero attached hydrogens (tertiary/aromatic N) is 1. The molecule has 1 heterocycles. The van der Waals surface area contributed by atoms with E-state index in [0.29, 0.717) is 6.29 Å². The second-order valence-corrected chi connectivity index (χ2v) is 2.40.